The summed E-state index contributed by atoms with van der Waals surface area (Å²) in [4.78, 5) is 4.58. The number of benzene rings is 1. The monoisotopic (exact) mass is 265 g/mol. The summed E-state index contributed by atoms with van der Waals surface area (Å²) in [6, 6.07) is 7.51. The molecular formula is C15H24FN3. The Labute approximate surface area is 115 Å². The van der Waals surface area contributed by atoms with E-state index >= 15 is 0 Å². The van der Waals surface area contributed by atoms with Gasteiger partial charge < -0.3 is 10.6 Å². The molecule has 19 heavy (non-hydrogen) atoms. The maximum atomic E-state index is 13.9. The van der Waals surface area contributed by atoms with Crippen LogP contribution in [0.2, 0.25) is 0 Å². The van der Waals surface area contributed by atoms with Gasteiger partial charge >= 0.3 is 0 Å². The van der Waals surface area contributed by atoms with Crippen molar-refractivity contribution >= 4 is 0 Å². The Morgan fingerprint density at radius 2 is 2.16 bits per heavy atom. The van der Waals surface area contributed by atoms with Crippen molar-refractivity contribution in [3.63, 3.8) is 0 Å². The maximum Gasteiger partial charge on any atom is 0.128 e. The number of likely N-dealkylation sites (N-methyl/N-ethyl adjacent to an activating group) is 1. The Hall–Kier alpha value is -0.970. The molecule has 1 heterocycles. The van der Waals surface area contributed by atoms with Crippen LogP contribution in [-0.2, 0) is 0 Å². The topological polar surface area (TPSA) is 32.5 Å². The van der Waals surface area contributed by atoms with Crippen LogP contribution in [0.15, 0.2) is 24.3 Å². The summed E-state index contributed by atoms with van der Waals surface area (Å²) >= 11 is 0. The second kappa shape index (κ2) is 6.46. The number of nitrogens with zero attached hydrogens (tertiary/aromatic N) is 2. The van der Waals surface area contributed by atoms with Gasteiger partial charge in [0.25, 0.3) is 0 Å². The van der Waals surface area contributed by atoms with Crippen LogP contribution in [0.4, 0.5) is 4.39 Å². The molecular weight excluding hydrogens is 241 g/mol. The lowest BCUT2D eigenvalue weighted by Crippen LogP contribution is -2.48. The van der Waals surface area contributed by atoms with Crippen LogP contribution >= 0.6 is 0 Å². The van der Waals surface area contributed by atoms with Gasteiger partial charge in [-0.1, -0.05) is 18.2 Å². The highest BCUT2D eigenvalue weighted by molar-refractivity contribution is 5.22. The first-order valence-corrected chi connectivity index (χ1v) is 6.98. The predicted molar refractivity (Wildman–Crippen MR) is 76.5 cm³/mol. The normalized spacial score (nSPS) is 22.7. The van der Waals surface area contributed by atoms with Gasteiger partial charge in [-0.3, -0.25) is 4.90 Å². The number of hydrogen-bond acceptors (Lipinski definition) is 3. The number of rotatable bonds is 4. The quantitative estimate of drug-likeness (QED) is 0.902. The van der Waals surface area contributed by atoms with E-state index in [0.29, 0.717) is 12.6 Å². The fourth-order valence-corrected chi connectivity index (χ4v) is 2.91. The van der Waals surface area contributed by atoms with Crippen LogP contribution in [0.5, 0.6) is 0 Å². The van der Waals surface area contributed by atoms with Crippen molar-refractivity contribution in [3.8, 4) is 0 Å². The average molecular weight is 265 g/mol. The first-order chi connectivity index (χ1) is 9.13. The minimum absolute atomic E-state index is 0.0102. The first kappa shape index (κ1) is 14.4. The zero-order valence-corrected chi connectivity index (χ0v) is 11.8. The average Bonchev–Trinajstić information content (AvgIpc) is 2.42. The van der Waals surface area contributed by atoms with Gasteiger partial charge in [-0.25, -0.2) is 4.39 Å². The Morgan fingerprint density at radius 3 is 2.79 bits per heavy atom. The molecule has 2 N–H and O–H groups in total. The molecule has 0 saturated carbocycles. The summed E-state index contributed by atoms with van der Waals surface area (Å²) in [5.74, 6) is -0.148. The van der Waals surface area contributed by atoms with Crippen molar-refractivity contribution in [2.75, 3.05) is 33.7 Å². The first-order valence-electron chi connectivity index (χ1n) is 6.98. The molecule has 2 atom stereocenters. The minimum Gasteiger partial charge on any atom is -0.329 e. The highest BCUT2D eigenvalue weighted by Crippen LogP contribution is 2.26. The lowest BCUT2D eigenvalue weighted by Gasteiger charge is -2.40. The van der Waals surface area contributed by atoms with Crippen molar-refractivity contribution in [1.82, 2.24) is 9.80 Å². The number of halogens is 1. The van der Waals surface area contributed by atoms with Gasteiger partial charge in [0.05, 0.1) is 0 Å². The van der Waals surface area contributed by atoms with Crippen molar-refractivity contribution in [2.45, 2.75) is 24.9 Å². The van der Waals surface area contributed by atoms with Gasteiger partial charge in [0, 0.05) is 30.7 Å². The third-order valence-electron chi connectivity index (χ3n) is 4.09. The largest absolute Gasteiger partial charge is 0.329 e. The van der Waals surface area contributed by atoms with Gasteiger partial charge in [-0.05, 0) is 39.5 Å². The molecule has 1 saturated heterocycles. The number of nitrogens with two attached hydrogens (primary N) is 1. The molecule has 0 aromatic heterocycles. The molecule has 4 heteroatoms. The van der Waals surface area contributed by atoms with E-state index in [4.69, 9.17) is 5.73 Å². The van der Waals surface area contributed by atoms with Crippen LogP contribution in [0, 0.1) is 5.82 Å². The van der Waals surface area contributed by atoms with Gasteiger partial charge in [0.2, 0.25) is 0 Å². The van der Waals surface area contributed by atoms with E-state index in [2.05, 4.69) is 23.9 Å². The Bertz CT molecular complexity index is 408. The zero-order valence-electron chi connectivity index (χ0n) is 11.8. The molecule has 1 aliphatic rings. The van der Waals surface area contributed by atoms with E-state index in [1.807, 2.05) is 12.1 Å². The summed E-state index contributed by atoms with van der Waals surface area (Å²) < 4.78 is 13.9. The van der Waals surface area contributed by atoms with Gasteiger partial charge in [0.15, 0.2) is 0 Å². The molecule has 0 aliphatic carbocycles. The standard InChI is InChI=1S/C15H24FN3/c1-18(2)12-6-5-9-19(11-12)15(10-17)13-7-3-4-8-14(13)16/h3-4,7-8,12,15H,5-6,9-11,17H2,1-2H3. The van der Waals surface area contributed by atoms with Crippen molar-refractivity contribution in [2.24, 2.45) is 5.73 Å². The summed E-state index contributed by atoms with van der Waals surface area (Å²) in [5, 5.41) is 0. The Balaban J connectivity index is 2.16. The van der Waals surface area contributed by atoms with Gasteiger partial charge in [0.1, 0.15) is 5.82 Å². The second-order valence-corrected chi connectivity index (χ2v) is 5.53. The third-order valence-corrected chi connectivity index (χ3v) is 4.09. The molecule has 2 rings (SSSR count). The summed E-state index contributed by atoms with van der Waals surface area (Å²) in [5.41, 5.74) is 6.63. The fraction of sp³-hybridized carbons (Fsp3) is 0.600. The Morgan fingerprint density at radius 1 is 1.42 bits per heavy atom. The third kappa shape index (κ3) is 3.32. The van der Waals surface area contributed by atoms with E-state index in [9.17, 15) is 4.39 Å². The molecule has 3 nitrogen and oxygen atoms in total. The van der Waals surface area contributed by atoms with E-state index in [1.165, 1.54) is 12.5 Å². The van der Waals surface area contributed by atoms with Crippen LogP contribution < -0.4 is 5.73 Å². The van der Waals surface area contributed by atoms with Crippen LogP contribution in [0.25, 0.3) is 0 Å². The Kier molecular flexibility index (Phi) is 4.91. The zero-order chi connectivity index (χ0) is 13.8. The van der Waals surface area contributed by atoms with E-state index in [-0.39, 0.29) is 11.9 Å². The summed E-state index contributed by atoms with van der Waals surface area (Å²) in [6.45, 7) is 2.42. The van der Waals surface area contributed by atoms with E-state index in [1.54, 1.807) is 6.07 Å². The molecule has 1 aromatic carbocycles. The van der Waals surface area contributed by atoms with Crippen molar-refractivity contribution < 1.29 is 4.39 Å². The van der Waals surface area contributed by atoms with Crippen LogP contribution in [0.3, 0.4) is 0 Å². The van der Waals surface area contributed by atoms with E-state index in [0.717, 1.165) is 25.1 Å². The number of likely N-dealkylation sites (tertiary alicyclic amines) is 1. The number of hydrogen-bond donors (Lipinski definition) is 1. The van der Waals surface area contributed by atoms with Crippen molar-refractivity contribution in [1.29, 1.82) is 0 Å². The molecule has 106 valence electrons. The molecule has 1 fully saturated rings. The SMILES string of the molecule is CN(C)C1CCCN(C(CN)c2ccccc2F)C1. The molecule has 1 aromatic rings. The van der Waals surface area contributed by atoms with Crippen LogP contribution in [0.1, 0.15) is 24.4 Å². The molecule has 0 spiro atoms. The lowest BCUT2D eigenvalue weighted by atomic mass is 9.98. The summed E-state index contributed by atoms with van der Waals surface area (Å²) in [7, 11) is 4.21. The highest BCUT2D eigenvalue weighted by atomic mass is 19.1. The predicted octanol–water partition coefficient (Wildman–Crippen LogP) is 1.85. The molecule has 0 amide bonds. The van der Waals surface area contributed by atoms with Crippen LogP contribution in [-0.4, -0.2) is 49.6 Å². The lowest BCUT2D eigenvalue weighted by molar-refractivity contribution is 0.0969. The van der Waals surface area contributed by atoms with Gasteiger partial charge in [-0.2, -0.15) is 0 Å². The minimum atomic E-state index is -0.148. The van der Waals surface area contributed by atoms with E-state index < -0.39 is 0 Å². The second-order valence-electron chi connectivity index (χ2n) is 5.53. The van der Waals surface area contributed by atoms with Crippen molar-refractivity contribution in [3.05, 3.63) is 35.6 Å². The molecule has 0 radical (unpaired) electrons. The smallest absolute Gasteiger partial charge is 0.128 e. The summed E-state index contributed by atoms with van der Waals surface area (Å²) in [6.07, 6.45) is 2.35. The maximum absolute atomic E-state index is 13.9. The molecule has 2 unspecified atom stereocenters. The fourth-order valence-electron chi connectivity index (χ4n) is 2.91. The molecule has 0 bridgehead atoms. The number of piperidine rings is 1. The highest BCUT2D eigenvalue weighted by Gasteiger charge is 2.28. The molecule has 1 aliphatic heterocycles. The van der Waals surface area contributed by atoms with Gasteiger partial charge in [-0.15, -0.1) is 0 Å².